The molecule has 1 aromatic rings. The van der Waals surface area contributed by atoms with Crippen LogP contribution in [0.2, 0.25) is 0 Å². The van der Waals surface area contributed by atoms with E-state index in [0.717, 1.165) is 10.6 Å². The normalized spacial score (nSPS) is 10.9. The summed E-state index contributed by atoms with van der Waals surface area (Å²) in [5.74, 6) is -0.486. The Bertz CT molecular complexity index is 593. The zero-order valence-electron chi connectivity index (χ0n) is 11.7. The number of benzene rings is 1. The second-order valence-electron chi connectivity index (χ2n) is 4.33. The van der Waals surface area contributed by atoms with Gasteiger partial charge >= 0.3 is 0 Å². The van der Waals surface area contributed by atoms with Crippen LogP contribution in [0.3, 0.4) is 0 Å². The molecular weight excluding hydrogens is 280 g/mol. The van der Waals surface area contributed by atoms with Gasteiger partial charge in [0.25, 0.3) is 0 Å². The molecule has 7 heteroatoms. The van der Waals surface area contributed by atoms with Crippen LogP contribution in [0.1, 0.15) is 24.2 Å². The molecule has 1 rings (SSSR count). The summed E-state index contributed by atoms with van der Waals surface area (Å²) in [6, 6.07) is 6.09. The molecule has 6 nitrogen and oxygen atoms in total. The van der Waals surface area contributed by atoms with E-state index < -0.39 is 10.0 Å². The molecule has 0 bridgehead atoms. The number of nitrogens with zero attached hydrogens (tertiary/aromatic N) is 1. The number of rotatable bonds is 6. The van der Waals surface area contributed by atoms with Crippen molar-refractivity contribution in [1.82, 2.24) is 5.32 Å². The quantitative estimate of drug-likeness (QED) is 0.787. The van der Waals surface area contributed by atoms with Gasteiger partial charge in [0.05, 0.1) is 11.9 Å². The Hall–Kier alpha value is -1.89. The maximum Gasteiger partial charge on any atom is 0.240 e. The number of carbonyl (C=O) groups excluding carboxylic acids is 2. The van der Waals surface area contributed by atoms with E-state index in [1.54, 1.807) is 6.92 Å². The van der Waals surface area contributed by atoms with Gasteiger partial charge in [0.2, 0.25) is 15.9 Å². The maximum atomic E-state index is 11.8. The summed E-state index contributed by atoms with van der Waals surface area (Å²) in [5.41, 5.74) is 0.837. The Morgan fingerprint density at radius 2 is 1.75 bits per heavy atom. The van der Waals surface area contributed by atoms with E-state index in [1.807, 2.05) is 0 Å². The summed E-state index contributed by atoms with van der Waals surface area (Å²) in [7, 11) is -3.58. The number of amides is 1. The van der Waals surface area contributed by atoms with E-state index in [0.29, 0.717) is 17.8 Å². The second-order valence-corrected chi connectivity index (χ2v) is 6.23. The number of likely N-dealkylation sites (N-methyl/N-ethyl adjacent to an activating group) is 1. The Kier molecular flexibility index (Phi) is 5.26. The van der Waals surface area contributed by atoms with Gasteiger partial charge in [-0.3, -0.25) is 13.9 Å². The van der Waals surface area contributed by atoms with E-state index in [-0.39, 0.29) is 18.2 Å². The smallest absolute Gasteiger partial charge is 0.240 e. The molecule has 110 valence electrons. The minimum absolute atomic E-state index is 0.105. The molecule has 0 atom stereocenters. The summed E-state index contributed by atoms with van der Waals surface area (Å²) < 4.78 is 24.5. The summed E-state index contributed by atoms with van der Waals surface area (Å²) >= 11 is 0. The number of hydrogen-bond acceptors (Lipinski definition) is 4. The van der Waals surface area contributed by atoms with Crippen molar-refractivity contribution in [3.05, 3.63) is 29.8 Å². The summed E-state index contributed by atoms with van der Waals surface area (Å²) in [6.07, 6.45) is 1.03. The molecule has 1 amide bonds. The predicted molar refractivity (Wildman–Crippen MR) is 77.3 cm³/mol. The molecule has 0 aliphatic rings. The average Bonchev–Trinajstić information content (AvgIpc) is 2.35. The topological polar surface area (TPSA) is 83.6 Å². The van der Waals surface area contributed by atoms with Crippen LogP contribution in [0.4, 0.5) is 5.69 Å². The van der Waals surface area contributed by atoms with Crippen LogP contribution < -0.4 is 9.62 Å². The molecule has 0 radical (unpaired) electrons. The lowest BCUT2D eigenvalue weighted by Gasteiger charge is -2.21. The Morgan fingerprint density at radius 3 is 2.15 bits per heavy atom. The van der Waals surface area contributed by atoms with E-state index in [4.69, 9.17) is 0 Å². The third kappa shape index (κ3) is 4.34. The van der Waals surface area contributed by atoms with E-state index in [9.17, 15) is 18.0 Å². The molecule has 0 saturated heterocycles. The van der Waals surface area contributed by atoms with Gasteiger partial charge in [0.15, 0.2) is 5.78 Å². The maximum absolute atomic E-state index is 11.8. The van der Waals surface area contributed by atoms with Crippen molar-refractivity contribution in [2.75, 3.05) is 23.7 Å². The minimum Gasteiger partial charge on any atom is -0.355 e. The van der Waals surface area contributed by atoms with Crippen molar-refractivity contribution in [3.8, 4) is 0 Å². The van der Waals surface area contributed by atoms with Gasteiger partial charge in [-0.05, 0) is 38.1 Å². The summed E-state index contributed by atoms with van der Waals surface area (Å²) in [6.45, 7) is 3.33. The zero-order chi connectivity index (χ0) is 15.3. The van der Waals surface area contributed by atoms with Crippen LogP contribution in [0.25, 0.3) is 0 Å². The largest absolute Gasteiger partial charge is 0.355 e. The van der Waals surface area contributed by atoms with Crippen molar-refractivity contribution < 1.29 is 18.0 Å². The van der Waals surface area contributed by atoms with E-state index in [1.165, 1.54) is 31.2 Å². The van der Waals surface area contributed by atoms with Crippen molar-refractivity contribution in [2.24, 2.45) is 0 Å². The first-order valence-corrected chi connectivity index (χ1v) is 7.96. The number of nitrogens with one attached hydrogen (secondary N) is 1. The number of Topliss-reactive ketones (excluding diaryl/α,β-unsaturated/α-hetero) is 1. The van der Waals surface area contributed by atoms with Crippen LogP contribution in [-0.4, -0.2) is 39.5 Å². The lowest BCUT2D eigenvalue weighted by atomic mass is 10.1. The highest BCUT2D eigenvalue weighted by Crippen LogP contribution is 2.18. The molecule has 0 fully saturated rings. The highest BCUT2D eigenvalue weighted by atomic mass is 32.2. The predicted octanol–water partition coefficient (Wildman–Crippen LogP) is 0.791. The first-order chi connectivity index (χ1) is 9.25. The Balaban J connectivity index is 3.06. The Morgan fingerprint density at radius 1 is 1.20 bits per heavy atom. The van der Waals surface area contributed by atoms with E-state index in [2.05, 4.69) is 5.32 Å². The van der Waals surface area contributed by atoms with Crippen molar-refractivity contribution in [1.29, 1.82) is 0 Å². The second kappa shape index (κ2) is 6.51. The van der Waals surface area contributed by atoms with Crippen LogP contribution in [-0.2, 0) is 14.8 Å². The third-order valence-electron chi connectivity index (χ3n) is 2.62. The molecular formula is C13H18N2O4S. The fraction of sp³-hybridized carbons (Fsp3) is 0.385. The number of sulfonamides is 1. The van der Waals surface area contributed by atoms with Crippen molar-refractivity contribution in [2.45, 2.75) is 13.8 Å². The molecule has 0 heterocycles. The van der Waals surface area contributed by atoms with Crippen molar-refractivity contribution in [3.63, 3.8) is 0 Å². The SMILES string of the molecule is CCNC(=O)CN(c1ccc(C(C)=O)cc1)S(C)(=O)=O. The van der Waals surface area contributed by atoms with Crippen LogP contribution in [0, 0.1) is 0 Å². The molecule has 0 aliphatic heterocycles. The van der Waals surface area contributed by atoms with Gasteiger partial charge in [0, 0.05) is 12.1 Å². The number of carbonyl (C=O) groups is 2. The lowest BCUT2D eigenvalue weighted by molar-refractivity contribution is -0.119. The molecule has 0 spiro atoms. The van der Waals surface area contributed by atoms with Gasteiger partial charge in [-0.1, -0.05) is 0 Å². The molecule has 0 aromatic heterocycles. The zero-order valence-corrected chi connectivity index (χ0v) is 12.5. The van der Waals surface area contributed by atoms with Gasteiger partial charge in [-0.2, -0.15) is 0 Å². The monoisotopic (exact) mass is 298 g/mol. The summed E-state index contributed by atoms with van der Waals surface area (Å²) in [4.78, 5) is 22.8. The fourth-order valence-electron chi connectivity index (χ4n) is 1.65. The molecule has 1 N–H and O–H groups in total. The first kappa shape index (κ1) is 16.2. The highest BCUT2D eigenvalue weighted by Gasteiger charge is 2.20. The van der Waals surface area contributed by atoms with Crippen LogP contribution in [0.5, 0.6) is 0 Å². The lowest BCUT2D eigenvalue weighted by Crippen LogP contribution is -2.40. The van der Waals surface area contributed by atoms with Gasteiger partial charge < -0.3 is 5.32 Å². The molecule has 0 aliphatic carbocycles. The van der Waals surface area contributed by atoms with Crippen LogP contribution >= 0.6 is 0 Å². The van der Waals surface area contributed by atoms with Gasteiger partial charge in [-0.25, -0.2) is 8.42 Å². The summed E-state index contributed by atoms with van der Waals surface area (Å²) in [5, 5.41) is 2.55. The minimum atomic E-state index is -3.58. The molecule has 0 saturated carbocycles. The fourth-order valence-corrected chi connectivity index (χ4v) is 2.50. The standard InChI is InChI=1S/C13H18N2O4S/c1-4-14-13(17)9-15(20(3,18)19)12-7-5-11(6-8-12)10(2)16/h5-8H,4,9H2,1-3H3,(H,14,17). The van der Waals surface area contributed by atoms with E-state index >= 15 is 0 Å². The Labute approximate surface area is 118 Å². The number of anilines is 1. The van der Waals surface area contributed by atoms with Gasteiger partial charge in [0.1, 0.15) is 6.54 Å². The molecule has 1 aromatic carbocycles. The third-order valence-corrected chi connectivity index (χ3v) is 3.76. The van der Waals surface area contributed by atoms with Crippen LogP contribution in [0.15, 0.2) is 24.3 Å². The average molecular weight is 298 g/mol. The number of hydrogen-bond donors (Lipinski definition) is 1. The molecule has 0 unspecified atom stereocenters. The van der Waals surface area contributed by atoms with Gasteiger partial charge in [-0.15, -0.1) is 0 Å². The highest BCUT2D eigenvalue weighted by molar-refractivity contribution is 7.92. The number of ketones is 1. The van der Waals surface area contributed by atoms with Crippen molar-refractivity contribution >= 4 is 27.4 Å². The first-order valence-electron chi connectivity index (χ1n) is 6.11. The molecule has 20 heavy (non-hydrogen) atoms.